The SMILES string of the molecule is CCCC(C)C1(CC)C(=O)NC(=O)NC1=O.O=C1Nc2ccc(Cl)cc2C(c2ccccc2)=NC1O. The van der Waals surface area contributed by atoms with Crippen LogP contribution in [-0.4, -0.2) is 40.8 Å². The number of aliphatic hydroxyl groups is 1. The largest absolute Gasteiger partial charge is 0.364 e. The molecule has 0 saturated carbocycles. The quantitative estimate of drug-likeness (QED) is 0.453. The molecular formula is C26H29ClN4O5. The van der Waals surface area contributed by atoms with Crippen molar-refractivity contribution in [1.29, 1.82) is 0 Å². The number of halogens is 1. The summed E-state index contributed by atoms with van der Waals surface area (Å²) in [5.41, 5.74) is 1.52. The van der Waals surface area contributed by atoms with Gasteiger partial charge in [0.25, 0.3) is 5.91 Å². The Morgan fingerprint density at radius 3 is 2.22 bits per heavy atom. The van der Waals surface area contributed by atoms with Gasteiger partial charge in [0.1, 0.15) is 5.41 Å². The highest BCUT2D eigenvalue weighted by molar-refractivity contribution is 6.32. The van der Waals surface area contributed by atoms with Crippen molar-refractivity contribution in [1.82, 2.24) is 10.6 Å². The number of nitrogens with zero attached hydrogens (tertiary/aromatic N) is 1. The van der Waals surface area contributed by atoms with Crippen molar-refractivity contribution >= 4 is 46.8 Å². The summed E-state index contributed by atoms with van der Waals surface area (Å²) in [6.45, 7) is 5.67. The molecule has 0 aromatic heterocycles. The number of hydrogen-bond donors (Lipinski definition) is 4. The minimum Gasteiger partial charge on any atom is -0.364 e. The van der Waals surface area contributed by atoms with Gasteiger partial charge in [0.2, 0.25) is 18.0 Å². The normalized spacial score (nSPS) is 19.4. The average molecular weight is 513 g/mol. The Hall–Kier alpha value is -3.56. The van der Waals surface area contributed by atoms with Crippen LogP contribution in [0.3, 0.4) is 0 Å². The second kappa shape index (κ2) is 11.5. The number of amides is 5. The van der Waals surface area contributed by atoms with Gasteiger partial charge in [-0.1, -0.05) is 69.1 Å². The maximum atomic E-state index is 11.9. The molecule has 5 amide bonds. The molecule has 2 aliphatic rings. The van der Waals surface area contributed by atoms with Crippen LogP contribution >= 0.6 is 11.6 Å². The molecule has 2 unspecified atom stereocenters. The number of fused-ring (bicyclic) bond motifs is 1. The van der Waals surface area contributed by atoms with Crippen LogP contribution in [0.5, 0.6) is 0 Å². The van der Waals surface area contributed by atoms with Gasteiger partial charge in [-0.2, -0.15) is 0 Å². The number of anilines is 1. The number of rotatable bonds is 5. The fourth-order valence-electron chi connectivity index (χ4n) is 4.46. The van der Waals surface area contributed by atoms with Crippen molar-refractivity contribution < 1.29 is 24.3 Å². The molecule has 2 heterocycles. The van der Waals surface area contributed by atoms with E-state index in [2.05, 4.69) is 20.9 Å². The van der Waals surface area contributed by atoms with Crippen molar-refractivity contribution in [3.63, 3.8) is 0 Å². The Balaban J connectivity index is 0.000000207. The molecule has 2 aromatic rings. The molecule has 2 aliphatic heterocycles. The third kappa shape index (κ3) is 5.47. The number of urea groups is 1. The average Bonchev–Trinajstić information content (AvgIpc) is 2.96. The standard InChI is InChI=1S/C15H11ClN2O2.C11H18N2O3/c16-10-6-7-12-11(8-10)13(9-4-2-1-3-5-9)18-15(20)14(19)17-12;1-4-6-7(3)11(5-2)8(14)12-10(16)13-9(11)15/h1-8,15,20H,(H,17,19);7H,4-6H2,1-3H3,(H2,12,13,14,15,16). The van der Waals surface area contributed by atoms with E-state index in [0.29, 0.717) is 28.4 Å². The van der Waals surface area contributed by atoms with Crippen LogP contribution in [0.2, 0.25) is 5.02 Å². The lowest BCUT2D eigenvalue weighted by molar-refractivity contribution is -0.148. The molecule has 10 heteroatoms. The topological polar surface area (TPSA) is 137 Å². The van der Waals surface area contributed by atoms with Crippen LogP contribution in [0.1, 0.15) is 51.2 Å². The lowest BCUT2D eigenvalue weighted by Gasteiger charge is -2.37. The molecule has 0 radical (unpaired) electrons. The molecule has 9 nitrogen and oxygen atoms in total. The predicted molar refractivity (Wildman–Crippen MR) is 137 cm³/mol. The number of carbonyl (C=O) groups excluding carboxylic acids is 4. The van der Waals surface area contributed by atoms with Crippen molar-refractivity contribution in [2.45, 2.75) is 46.3 Å². The van der Waals surface area contributed by atoms with Gasteiger partial charge in [-0.15, -0.1) is 0 Å². The van der Waals surface area contributed by atoms with Crippen LogP contribution < -0.4 is 16.0 Å². The first-order valence-corrected chi connectivity index (χ1v) is 12.1. The van der Waals surface area contributed by atoms with E-state index in [9.17, 15) is 24.3 Å². The molecular weight excluding hydrogens is 484 g/mol. The maximum Gasteiger partial charge on any atom is 0.328 e. The number of barbiturate groups is 1. The molecule has 36 heavy (non-hydrogen) atoms. The maximum absolute atomic E-state index is 11.9. The van der Waals surface area contributed by atoms with Gasteiger partial charge in [-0.05, 0) is 37.0 Å². The summed E-state index contributed by atoms with van der Waals surface area (Å²) in [5, 5.41) is 17.3. The van der Waals surface area contributed by atoms with Crippen LogP contribution in [0, 0.1) is 11.3 Å². The van der Waals surface area contributed by atoms with Crippen molar-refractivity contribution in [3.05, 3.63) is 64.7 Å². The van der Waals surface area contributed by atoms with Crippen molar-refractivity contribution in [2.24, 2.45) is 16.3 Å². The molecule has 2 atom stereocenters. The monoisotopic (exact) mass is 512 g/mol. The van der Waals surface area contributed by atoms with Crippen molar-refractivity contribution in [3.8, 4) is 0 Å². The molecule has 0 bridgehead atoms. The molecule has 0 aliphatic carbocycles. The first-order valence-electron chi connectivity index (χ1n) is 11.7. The van der Waals surface area contributed by atoms with E-state index >= 15 is 0 Å². The highest BCUT2D eigenvalue weighted by atomic mass is 35.5. The summed E-state index contributed by atoms with van der Waals surface area (Å²) < 4.78 is 0. The Labute approximate surface area is 214 Å². The minimum atomic E-state index is -1.43. The highest BCUT2D eigenvalue weighted by Crippen LogP contribution is 2.36. The summed E-state index contributed by atoms with van der Waals surface area (Å²) in [5.74, 6) is -1.57. The molecule has 190 valence electrons. The van der Waals surface area contributed by atoms with Crippen LogP contribution in [0.4, 0.5) is 10.5 Å². The van der Waals surface area contributed by atoms with Crippen LogP contribution in [-0.2, 0) is 14.4 Å². The van der Waals surface area contributed by atoms with E-state index < -0.39 is 35.4 Å². The van der Waals surface area contributed by atoms with Crippen LogP contribution in [0.25, 0.3) is 0 Å². The van der Waals surface area contributed by atoms with Gasteiger partial charge in [0.05, 0.1) is 11.4 Å². The Bertz CT molecular complexity index is 1180. The summed E-state index contributed by atoms with van der Waals surface area (Å²) >= 11 is 6.03. The molecule has 4 N–H and O–H groups in total. The number of benzene rings is 2. The molecule has 1 saturated heterocycles. The second-order valence-corrected chi connectivity index (χ2v) is 9.08. The highest BCUT2D eigenvalue weighted by Gasteiger charge is 2.52. The number of nitrogens with one attached hydrogen (secondary N) is 3. The summed E-state index contributed by atoms with van der Waals surface area (Å²) in [7, 11) is 0. The van der Waals surface area contributed by atoms with E-state index in [0.717, 1.165) is 18.4 Å². The van der Waals surface area contributed by atoms with Gasteiger partial charge in [-0.25, -0.2) is 9.79 Å². The molecule has 4 rings (SSSR count). The number of imide groups is 2. The molecule has 2 aromatic carbocycles. The molecule has 1 fully saturated rings. The third-order valence-electron chi connectivity index (χ3n) is 6.41. The smallest absolute Gasteiger partial charge is 0.328 e. The second-order valence-electron chi connectivity index (χ2n) is 8.65. The number of carbonyl (C=O) groups is 4. The summed E-state index contributed by atoms with van der Waals surface area (Å²) in [6.07, 6.45) is 0.649. The number of benzodiazepines with no additional fused rings is 1. The first-order chi connectivity index (χ1) is 17.1. The summed E-state index contributed by atoms with van der Waals surface area (Å²) in [6, 6.07) is 13.7. The fraction of sp³-hybridized carbons (Fsp3) is 0.346. The first kappa shape index (κ1) is 27.0. The minimum absolute atomic E-state index is 0.0735. The van der Waals surface area contributed by atoms with E-state index in [1.165, 1.54) is 0 Å². The van der Waals surface area contributed by atoms with Gasteiger partial charge < -0.3 is 10.4 Å². The number of aliphatic imine (C=N–C) groups is 1. The Kier molecular flexibility index (Phi) is 8.60. The van der Waals surface area contributed by atoms with Crippen molar-refractivity contribution in [2.75, 3.05) is 5.32 Å². The fourth-order valence-corrected chi connectivity index (χ4v) is 4.63. The van der Waals surface area contributed by atoms with E-state index in [-0.39, 0.29) is 5.92 Å². The van der Waals surface area contributed by atoms with Gasteiger partial charge >= 0.3 is 6.03 Å². The summed E-state index contributed by atoms with van der Waals surface area (Å²) in [4.78, 5) is 50.6. The van der Waals surface area contributed by atoms with E-state index in [4.69, 9.17) is 11.6 Å². The molecule has 0 spiro atoms. The van der Waals surface area contributed by atoms with Gasteiger partial charge in [0.15, 0.2) is 0 Å². The number of hydrogen-bond acceptors (Lipinski definition) is 6. The Morgan fingerprint density at radius 2 is 1.64 bits per heavy atom. The lowest BCUT2D eigenvalue weighted by atomic mass is 9.70. The number of aliphatic hydroxyl groups excluding tert-OH is 1. The van der Waals surface area contributed by atoms with E-state index in [1.807, 2.05) is 44.2 Å². The zero-order chi connectivity index (χ0) is 26.5. The van der Waals surface area contributed by atoms with Gasteiger partial charge in [0, 0.05) is 16.1 Å². The zero-order valence-electron chi connectivity index (χ0n) is 20.3. The van der Waals surface area contributed by atoms with E-state index in [1.54, 1.807) is 25.1 Å². The Morgan fingerprint density at radius 1 is 1.00 bits per heavy atom. The van der Waals surface area contributed by atoms with Gasteiger partial charge in [-0.3, -0.25) is 25.0 Å². The van der Waals surface area contributed by atoms with Crippen LogP contribution in [0.15, 0.2) is 53.5 Å². The third-order valence-corrected chi connectivity index (χ3v) is 6.65. The predicted octanol–water partition coefficient (Wildman–Crippen LogP) is 3.63. The lowest BCUT2D eigenvalue weighted by Crippen LogP contribution is -2.64. The zero-order valence-corrected chi connectivity index (χ0v) is 21.1.